The second-order valence-electron chi connectivity index (χ2n) is 5.82. The first-order chi connectivity index (χ1) is 13.1. The summed E-state index contributed by atoms with van der Waals surface area (Å²) >= 11 is 0. The lowest BCUT2D eigenvalue weighted by Crippen LogP contribution is -2.36. The number of methoxy groups -OCH3 is 1. The molecule has 27 heavy (non-hydrogen) atoms. The number of hydrogen-bond donors (Lipinski definition) is 0. The molecule has 2 aromatic rings. The minimum atomic E-state index is -0.322. The molecule has 0 N–H and O–H groups in total. The molecule has 0 aromatic heterocycles. The molecule has 0 atom stereocenters. The normalized spacial score (nSPS) is 10.1. The van der Waals surface area contributed by atoms with Gasteiger partial charge in [0.15, 0.2) is 6.61 Å². The van der Waals surface area contributed by atoms with Crippen molar-refractivity contribution in [2.24, 2.45) is 0 Å². The average molecular weight is 371 g/mol. The van der Waals surface area contributed by atoms with Gasteiger partial charge in [-0.25, -0.2) is 0 Å². The molecule has 0 spiro atoms. The smallest absolute Gasteiger partial charge is 0.307 e. The lowest BCUT2D eigenvalue weighted by atomic mass is 10.2. The van der Waals surface area contributed by atoms with Crippen molar-refractivity contribution in [3.8, 4) is 11.5 Å². The summed E-state index contributed by atoms with van der Waals surface area (Å²) in [5.74, 6) is 0.680. The molecule has 0 fully saturated rings. The maximum Gasteiger partial charge on any atom is 0.307 e. The largest absolute Gasteiger partial charge is 0.497 e. The van der Waals surface area contributed by atoms with E-state index in [9.17, 15) is 9.59 Å². The number of ether oxygens (including phenoxy) is 3. The van der Waals surface area contributed by atoms with Crippen molar-refractivity contribution >= 4 is 11.9 Å². The highest BCUT2D eigenvalue weighted by atomic mass is 16.5. The quantitative estimate of drug-likeness (QED) is 0.601. The lowest BCUT2D eigenvalue weighted by Gasteiger charge is -2.22. The maximum atomic E-state index is 12.7. The summed E-state index contributed by atoms with van der Waals surface area (Å²) in [5, 5.41) is 0. The zero-order valence-corrected chi connectivity index (χ0v) is 15.7. The Hall–Kier alpha value is -3.02. The Labute approximate surface area is 159 Å². The molecule has 0 aliphatic heterocycles. The monoisotopic (exact) mass is 371 g/mol. The summed E-state index contributed by atoms with van der Waals surface area (Å²) in [6.45, 7) is 2.63. The van der Waals surface area contributed by atoms with E-state index >= 15 is 0 Å². The molecule has 0 aliphatic rings. The van der Waals surface area contributed by atoms with Crippen LogP contribution in [0.1, 0.15) is 18.9 Å². The molecular weight excluding hydrogens is 346 g/mol. The third kappa shape index (κ3) is 7.01. The van der Waals surface area contributed by atoms with Crippen LogP contribution in [0.25, 0.3) is 0 Å². The Balaban J connectivity index is 1.99. The Bertz CT molecular complexity index is 732. The van der Waals surface area contributed by atoms with Gasteiger partial charge in [0, 0.05) is 19.2 Å². The highest BCUT2D eigenvalue weighted by Crippen LogP contribution is 2.19. The Morgan fingerprint density at radius 3 is 2.44 bits per heavy atom. The SMILES string of the molecule is CCOC(=O)CCN(Cc1ccccc1)C(=O)COc1cccc(OC)c1. The molecule has 1 amide bonds. The number of nitrogens with zero attached hydrogens (tertiary/aromatic N) is 1. The minimum absolute atomic E-state index is 0.122. The van der Waals surface area contributed by atoms with Crippen molar-refractivity contribution in [1.82, 2.24) is 4.90 Å². The highest BCUT2D eigenvalue weighted by molar-refractivity contribution is 5.78. The number of esters is 1. The Morgan fingerprint density at radius 2 is 1.74 bits per heavy atom. The van der Waals surface area contributed by atoms with Crippen LogP contribution in [0, 0.1) is 0 Å². The second-order valence-corrected chi connectivity index (χ2v) is 5.82. The second kappa shape index (κ2) is 10.9. The first-order valence-electron chi connectivity index (χ1n) is 8.86. The average Bonchev–Trinajstić information content (AvgIpc) is 2.70. The van der Waals surface area contributed by atoms with Crippen LogP contribution < -0.4 is 9.47 Å². The van der Waals surface area contributed by atoms with Gasteiger partial charge < -0.3 is 19.1 Å². The van der Waals surface area contributed by atoms with Gasteiger partial charge >= 0.3 is 5.97 Å². The number of rotatable bonds is 10. The number of amides is 1. The van der Waals surface area contributed by atoms with Crippen molar-refractivity contribution in [2.75, 3.05) is 26.9 Å². The minimum Gasteiger partial charge on any atom is -0.497 e. The number of carbonyl (C=O) groups excluding carboxylic acids is 2. The summed E-state index contributed by atoms with van der Waals surface area (Å²) in [7, 11) is 1.57. The number of hydrogen-bond acceptors (Lipinski definition) is 5. The first kappa shape index (κ1) is 20.3. The predicted molar refractivity (Wildman–Crippen MR) is 102 cm³/mol. The van der Waals surface area contributed by atoms with Crippen LogP contribution in [0.15, 0.2) is 54.6 Å². The summed E-state index contributed by atoms with van der Waals surface area (Å²) in [5.41, 5.74) is 0.982. The molecule has 2 rings (SSSR count). The molecule has 2 aromatic carbocycles. The van der Waals surface area contributed by atoms with E-state index in [4.69, 9.17) is 14.2 Å². The fourth-order valence-corrected chi connectivity index (χ4v) is 2.48. The molecular formula is C21H25NO5. The molecule has 0 saturated carbocycles. The van der Waals surface area contributed by atoms with Gasteiger partial charge in [-0.05, 0) is 24.6 Å². The fourth-order valence-electron chi connectivity index (χ4n) is 2.48. The first-order valence-corrected chi connectivity index (χ1v) is 8.86. The molecule has 0 saturated heterocycles. The van der Waals surface area contributed by atoms with Crippen LogP contribution in [0.2, 0.25) is 0 Å². The van der Waals surface area contributed by atoms with E-state index in [1.807, 2.05) is 30.3 Å². The predicted octanol–water partition coefficient (Wildman–Crippen LogP) is 3.06. The Morgan fingerprint density at radius 1 is 1.00 bits per heavy atom. The van der Waals surface area contributed by atoms with Gasteiger partial charge in [0.2, 0.25) is 0 Å². The van der Waals surface area contributed by atoms with Crippen molar-refractivity contribution in [3.05, 3.63) is 60.2 Å². The van der Waals surface area contributed by atoms with Gasteiger partial charge in [-0.1, -0.05) is 36.4 Å². The van der Waals surface area contributed by atoms with E-state index in [1.165, 1.54) is 0 Å². The van der Waals surface area contributed by atoms with Crippen molar-refractivity contribution in [1.29, 1.82) is 0 Å². The van der Waals surface area contributed by atoms with Gasteiger partial charge in [0.1, 0.15) is 11.5 Å². The van der Waals surface area contributed by atoms with Crippen LogP contribution in [0.3, 0.4) is 0 Å². The van der Waals surface area contributed by atoms with E-state index in [0.717, 1.165) is 5.56 Å². The van der Waals surface area contributed by atoms with E-state index < -0.39 is 0 Å². The molecule has 0 radical (unpaired) electrons. The van der Waals surface area contributed by atoms with Gasteiger partial charge in [-0.2, -0.15) is 0 Å². The number of benzene rings is 2. The number of carbonyl (C=O) groups is 2. The van der Waals surface area contributed by atoms with Crippen molar-refractivity contribution < 1.29 is 23.8 Å². The van der Waals surface area contributed by atoms with Gasteiger partial charge in [-0.15, -0.1) is 0 Å². The third-order valence-corrected chi connectivity index (χ3v) is 3.86. The van der Waals surface area contributed by atoms with Crippen LogP contribution >= 0.6 is 0 Å². The summed E-state index contributed by atoms with van der Waals surface area (Å²) in [4.78, 5) is 25.9. The summed E-state index contributed by atoms with van der Waals surface area (Å²) < 4.78 is 15.7. The van der Waals surface area contributed by atoms with Gasteiger partial charge in [0.05, 0.1) is 20.1 Å². The standard InChI is InChI=1S/C21H25NO5/c1-3-26-21(24)12-13-22(15-17-8-5-4-6-9-17)20(23)16-27-19-11-7-10-18(14-19)25-2/h4-11,14H,3,12-13,15-16H2,1-2H3. The topological polar surface area (TPSA) is 65.1 Å². The van der Waals surface area contributed by atoms with Gasteiger partial charge in [0.25, 0.3) is 5.91 Å². The zero-order chi connectivity index (χ0) is 19.5. The summed E-state index contributed by atoms with van der Waals surface area (Å²) in [6, 6.07) is 16.7. The molecule has 0 heterocycles. The van der Waals surface area contributed by atoms with Crippen LogP contribution in [0.4, 0.5) is 0 Å². The fraction of sp³-hybridized carbons (Fsp3) is 0.333. The van der Waals surface area contributed by atoms with E-state index in [-0.39, 0.29) is 31.4 Å². The lowest BCUT2D eigenvalue weighted by molar-refractivity contribution is -0.144. The van der Waals surface area contributed by atoms with Crippen molar-refractivity contribution in [3.63, 3.8) is 0 Å². The summed E-state index contributed by atoms with van der Waals surface area (Å²) in [6.07, 6.45) is 0.144. The van der Waals surface area contributed by atoms with E-state index in [1.54, 1.807) is 43.2 Å². The van der Waals surface area contributed by atoms with Gasteiger partial charge in [-0.3, -0.25) is 9.59 Å². The Kier molecular flexibility index (Phi) is 8.16. The maximum absolute atomic E-state index is 12.7. The molecule has 6 nitrogen and oxygen atoms in total. The molecule has 6 heteroatoms. The van der Waals surface area contributed by atoms with E-state index in [0.29, 0.717) is 24.7 Å². The highest BCUT2D eigenvalue weighted by Gasteiger charge is 2.17. The van der Waals surface area contributed by atoms with Crippen molar-refractivity contribution in [2.45, 2.75) is 19.9 Å². The van der Waals surface area contributed by atoms with Crippen LogP contribution in [-0.4, -0.2) is 43.6 Å². The molecule has 0 aliphatic carbocycles. The van der Waals surface area contributed by atoms with E-state index in [2.05, 4.69) is 0 Å². The molecule has 0 unspecified atom stereocenters. The molecule has 0 bridgehead atoms. The van der Waals surface area contributed by atoms with Crippen LogP contribution in [0.5, 0.6) is 11.5 Å². The zero-order valence-electron chi connectivity index (χ0n) is 15.7. The molecule has 144 valence electrons. The third-order valence-electron chi connectivity index (χ3n) is 3.86. The van der Waals surface area contributed by atoms with Crippen LogP contribution in [-0.2, 0) is 20.9 Å².